The van der Waals surface area contributed by atoms with E-state index in [-0.39, 0.29) is 11.0 Å². The summed E-state index contributed by atoms with van der Waals surface area (Å²) < 4.78 is 4.91. The highest BCUT2D eigenvalue weighted by Crippen LogP contribution is 2.17. The normalized spacial score (nSPS) is 10.2. The molecule has 6 nitrogen and oxygen atoms in total. The zero-order valence-electron chi connectivity index (χ0n) is 7.45. The third kappa shape index (κ3) is 1.94. The van der Waals surface area contributed by atoms with Gasteiger partial charge in [0.1, 0.15) is 0 Å². The number of halogens is 1. The number of rotatable bonds is 2. The summed E-state index contributed by atoms with van der Waals surface area (Å²) in [5.74, 6) is -0.0145. The second-order valence-corrected chi connectivity index (χ2v) is 3.13. The quantitative estimate of drug-likeness (QED) is 0.723. The molecule has 2 rings (SSSR count). The molecule has 4 N–H and O–H groups in total. The van der Waals surface area contributed by atoms with Crippen molar-refractivity contribution in [1.29, 1.82) is 0 Å². The number of hydrogen-bond acceptors (Lipinski definition) is 4. The third-order valence-corrected chi connectivity index (χ3v) is 1.91. The van der Waals surface area contributed by atoms with Gasteiger partial charge in [0.15, 0.2) is 16.8 Å². The van der Waals surface area contributed by atoms with Gasteiger partial charge in [0.25, 0.3) is 5.91 Å². The Labute approximate surface area is 89.4 Å². The summed E-state index contributed by atoms with van der Waals surface area (Å²) in [4.78, 5) is 11.5. The molecule has 1 amide bonds. The smallest absolute Gasteiger partial charge is 0.292 e. The molecule has 0 aliphatic rings. The Bertz CT molecular complexity index is 490. The monoisotopic (exact) mass is 226 g/mol. The number of amides is 1. The maximum Gasteiger partial charge on any atom is 0.292 e. The lowest BCUT2D eigenvalue weighted by molar-refractivity contribution is 0.0996. The van der Waals surface area contributed by atoms with E-state index in [9.17, 15) is 4.79 Å². The van der Waals surface area contributed by atoms with E-state index in [0.717, 1.165) is 0 Å². The van der Waals surface area contributed by atoms with Crippen molar-refractivity contribution in [3.63, 3.8) is 0 Å². The zero-order valence-corrected chi connectivity index (χ0v) is 8.21. The van der Waals surface area contributed by atoms with Gasteiger partial charge >= 0.3 is 0 Å². The molecule has 2 aromatic rings. The molecule has 0 aromatic carbocycles. The number of nitrogens with two attached hydrogens (primary N) is 1. The zero-order chi connectivity index (χ0) is 10.8. The van der Waals surface area contributed by atoms with E-state index in [1.165, 1.54) is 18.3 Å². The number of carbonyl (C=O) groups excluding carboxylic acids is 1. The van der Waals surface area contributed by atoms with Crippen molar-refractivity contribution in [2.45, 2.75) is 0 Å². The molecular weight excluding hydrogens is 220 g/mol. The molecule has 0 bridgehead atoms. The first-order valence-corrected chi connectivity index (χ1v) is 4.40. The maximum atomic E-state index is 11.5. The van der Waals surface area contributed by atoms with Gasteiger partial charge in [-0.05, 0) is 23.7 Å². The predicted molar refractivity (Wildman–Crippen MR) is 54.7 cm³/mol. The van der Waals surface area contributed by atoms with Crippen molar-refractivity contribution in [3.8, 4) is 0 Å². The number of aromatic amines is 1. The van der Waals surface area contributed by atoms with Crippen LogP contribution in [0.5, 0.6) is 0 Å². The van der Waals surface area contributed by atoms with E-state index in [1.807, 2.05) is 0 Å². The molecule has 2 aromatic heterocycles. The minimum Gasteiger partial charge on any atom is -0.440 e. The Balaban J connectivity index is 2.14. The number of hydrogen-bond donors (Lipinski definition) is 3. The fourth-order valence-corrected chi connectivity index (χ4v) is 1.15. The molecule has 0 aliphatic heterocycles. The Morgan fingerprint density at radius 3 is 2.93 bits per heavy atom. The van der Waals surface area contributed by atoms with Gasteiger partial charge in [-0.25, -0.2) is 0 Å². The van der Waals surface area contributed by atoms with Crippen molar-refractivity contribution >= 4 is 29.0 Å². The third-order valence-electron chi connectivity index (χ3n) is 1.70. The fraction of sp³-hybridized carbons (Fsp3) is 0. The van der Waals surface area contributed by atoms with Crippen LogP contribution >= 0.6 is 11.6 Å². The topological polar surface area (TPSA) is 96.9 Å². The highest BCUT2D eigenvalue weighted by Gasteiger charge is 2.12. The Morgan fingerprint density at radius 1 is 1.60 bits per heavy atom. The van der Waals surface area contributed by atoms with Crippen molar-refractivity contribution in [1.82, 2.24) is 10.2 Å². The average Bonchev–Trinajstić information content (AvgIpc) is 2.77. The highest BCUT2D eigenvalue weighted by atomic mass is 35.5. The van der Waals surface area contributed by atoms with Gasteiger partial charge in [0, 0.05) is 0 Å². The van der Waals surface area contributed by atoms with E-state index < -0.39 is 5.91 Å². The summed E-state index contributed by atoms with van der Waals surface area (Å²) >= 11 is 5.53. The molecule has 0 atom stereocenters. The molecule has 0 saturated carbocycles. The van der Waals surface area contributed by atoms with Crippen LogP contribution in [0.15, 0.2) is 22.7 Å². The number of nitrogen functional groups attached to an aromatic ring is 1. The summed E-state index contributed by atoms with van der Waals surface area (Å²) in [7, 11) is 0. The van der Waals surface area contributed by atoms with Gasteiger partial charge in [-0.2, -0.15) is 5.10 Å². The fourth-order valence-electron chi connectivity index (χ4n) is 1.01. The van der Waals surface area contributed by atoms with Crippen LogP contribution in [0.2, 0.25) is 5.22 Å². The lowest BCUT2D eigenvalue weighted by Gasteiger charge is -1.99. The van der Waals surface area contributed by atoms with Crippen LogP contribution in [0, 0.1) is 0 Å². The summed E-state index contributed by atoms with van der Waals surface area (Å²) in [5, 5.41) is 8.82. The van der Waals surface area contributed by atoms with Gasteiger partial charge in [-0.3, -0.25) is 9.89 Å². The van der Waals surface area contributed by atoms with E-state index in [0.29, 0.717) is 11.5 Å². The minimum atomic E-state index is -0.446. The number of anilines is 2. The van der Waals surface area contributed by atoms with Gasteiger partial charge in [-0.1, -0.05) is 0 Å². The summed E-state index contributed by atoms with van der Waals surface area (Å²) in [5.41, 5.74) is 5.86. The van der Waals surface area contributed by atoms with Crippen molar-refractivity contribution in [3.05, 3.63) is 29.3 Å². The highest BCUT2D eigenvalue weighted by molar-refractivity contribution is 6.29. The van der Waals surface area contributed by atoms with E-state index in [2.05, 4.69) is 15.5 Å². The van der Waals surface area contributed by atoms with Crippen LogP contribution in [0.25, 0.3) is 0 Å². The first kappa shape index (κ1) is 9.60. The van der Waals surface area contributed by atoms with E-state index in [1.54, 1.807) is 0 Å². The van der Waals surface area contributed by atoms with Crippen LogP contribution in [-0.2, 0) is 0 Å². The summed E-state index contributed by atoms with van der Waals surface area (Å²) in [6.45, 7) is 0. The number of furan rings is 1. The lowest BCUT2D eigenvalue weighted by Crippen LogP contribution is -2.12. The summed E-state index contributed by atoms with van der Waals surface area (Å²) in [6, 6.07) is 2.94. The molecule has 0 aliphatic carbocycles. The maximum absolute atomic E-state index is 11.5. The number of nitrogens with one attached hydrogen (secondary N) is 2. The van der Waals surface area contributed by atoms with Gasteiger partial charge in [-0.15, -0.1) is 0 Å². The molecule has 7 heteroatoms. The molecule has 0 saturated heterocycles. The van der Waals surface area contributed by atoms with Crippen LogP contribution < -0.4 is 11.1 Å². The number of carbonyl (C=O) groups is 1. The first-order chi connectivity index (χ1) is 7.16. The number of aromatic nitrogens is 2. The van der Waals surface area contributed by atoms with E-state index in [4.69, 9.17) is 21.8 Å². The second-order valence-electron chi connectivity index (χ2n) is 2.76. The SMILES string of the molecule is Nc1cn[nH]c1NC(=O)c1ccc(Cl)o1. The number of H-pyrrole nitrogens is 1. The Morgan fingerprint density at radius 2 is 2.40 bits per heavy atom. The molecule has 78 valence electrons. The lowest BCUT2D eigenvalue weighted by atomic mass is 10.4. The molecule has 0 unspecified atom stereocenters. The molecule has 0 fully saturated rings. The van der Waals surface area contributed by atoms with Crippen molar-refractivity contribution in [2.24, 2.45) is 0 Å². The first-order valence-electron chi connectivity index (χ1n) is 4.02. The molecule has 2 heterocycles. The van der Waals surface area contributed by atoms with Crippen LogP contribution in [0.1, 0.15) is 10.6 Å². The van der Waals surface area contributed by atoms with E-state index >= 15 is 0 Å². The van der Waals surface area contributed by atoms with Gasteiger partial charge in [0.2, 0.25) is 0 Å². The summed E-state index contributed by atoms with van der Waals surface area (Å²) in [6.07, 6.45) is 1.39. The second kappa shape index (κ2) is 3.66. The Hall–Kier alpha value is -1.95. The van der Waals surface area contributed by atoms with Crippen LogP contribution in [0.4, 0.5) is 11.5 Å². The standard InChI is InChI=1S/C8H7ClN4O2/c9-6-2-1-5(15-6)8(14)12-7-4(10)3-11-13-7/h1-3H,10H2,(H2,11,12,13,14). The average molecular weight is 227 g/mol. The van der Waals surface area contributed by atoms with Gasteiger partial charge in [0.05, 0.1) is 11.9 Å². The minimum absolute atomic E-state index is 0.106. The molecule has 15 heavy (non-hydrogen) atoms. The van der Waals surface area contributed by atoms with Crippen molar-refractivity contribution in [2.75, 3.05) is 11.1 Å². The largest absolute Gasteiger partial charge is 0.440 e. The predicted octanol–water partition coefficient (Wildman–Crippen LogP) is 1.49. The van der Waals surface area contributed by atoms with Gasteiger partial charge < -0.3 is 15.5 Å². The molecular formula is C8H7ClN4O2. The van der Waals surface area contributed by atoms with Crippen LogP contribution in [-0.4, -0.2) is 16.1 Å². The van der Waals surface area contributed by atoms with Crippen molar-refractivity contribution < 1.29 is 9.21 Å². The Kier molecular flexibility index (Phi) is 2.34. The molecule has 0 radical (unpaired) electrons. The van der Waals surface area contributed by atoms with Crippen LogP contribution in [0.3, 0.4) is 0 Å². The number of nitrogens with zero attached hydrogens (tertiary/aromatic N) is 1. The molecule has 0 spiro atoms.